The van der Waals surface area contributed by atoms with Crippen LogP contribution in [0.5, 0.6) is 0 Å². The third-order valence-corrected chi connectivity index (χ3v) is 4.79. The minimum atomic E-state index is -0.509. The number of hydrogen-bond donors (Lipinski definition) is 1. The Balaban J connectivity index is 2.23. The molecule has 4 nitrogen and oxygen atoms in total. The van der Waals surface area contributed by atoms with Gasteiger partial charge in [-0.3, -0.25) is 9.59 Å². The van der Waals surface area contributed by atoms with Crippen LogP contribution in [0, 0.1) is 5.92 Å². The molecular weight excluding hydrogens is 372 g/mol. The van der Waals surface area contributed by atoms with Crippen molar-refractivity contribution in [2.75, 3.05) is 6.54 Å². The van der Waals surface area contributed by atoms with Gasteiger partial charge in [0.2, 0.25) is 11.8 Å². The largest absolute Gasteiger partial charge is 0.354 e. The molecule has 0 unspecified atom stereocenters. The summed E-state index contributed by atoms with van der Waals surface area (Å²) >= 11 is 5.98. The topological polar surface area (TPSA) is 49.4 Å². The fraction of sp³-hybridized carbons (Fsp3) is 0.391. The third-order valence-electron chi connectivity index (χ3n) is 4.53. The first kappa shape index (κ1) is 22.0. The summed E-state index contributed by atoms with van der Waals surface area (Å²) in [6.45, 7) is 7.00. The molecule has 0 radical (unpaired) electrons. The zero-order valence-electron chi connectivity index (χ0n) is 16.8. The van der Waals surface area contributed by atoms with Gasteiger partial charge < -0.3 is 10.2 Å². The molecule has 0 heterocycles. The quantitative estimate of drug-likeness (QED) is 0.675. The van der Waals surface area contributed by atoms with Crippen LogP contribution < -0.4 is 5.32 Å². The lowest BCUT2D eigenvalue weighted by Gasteiger charge is -2.31. The normalized spacial score (nSPS) is 11.9. The second-order valence-electron chi connectivity index (χ2n) is 7.37. The van der Waals surface area contributed by atoms with Gasteiger partial charge in [-0.15, -0.1) is 0 Å². The summed E-state index contributed by atoms with van der Waals surface area (Å²) in [6.07, 6.45) is 0.820. The van der Waals surface area contributed by atoms with E-state index >= 15 is 0 Å². The van der Waals surface area contributed by atoms with E-state index in [1.54, 1.807) is 17.0 Å². The Morgan fingerprint density at radius 2 is 1.64 bits per heavy atom. The van der Waals surface area contributed by atoms with E-state index in [1.807, 2.05) is 63.2 Å². The SMILES string of the molecule is CC[C@H](C(=O)NCC(C)C)N(Cc1ccc(Cl)cc1)C(=O)Cc1ccccc1. The fourth-order valence-electron chi connectivity index (χ4n) is 3.00. The summed E-state index contributed by atoms with van der Waals surface area (Å²) in [5.74, 6) is 0.186. The molecule has 0 bridgehead atoms. The van der Waals surface area contributed by atoms with E-state index in [4.69, 9.17) is 11.6 Å². The average molecular weight is 401 g/mol. The first-order valence-corrected chi connectivity index (χ1v) is 10.1. The predicted octanol–water partition coefficient (Wildman–Crippen LogP) is 4.46. The Hall–Kier alpha value is -2.33. The van der Waals surface area contributed by atoms with Gasteiger partial charge in [0.1, 0.15) is 6.04 Å². The fourth-order valence-corrected chi connectivity index (χ4v) is 3.13. The highest BCUT2D eigenvalue weighted by atomic mass is 35.5. The second-order valence-corrected chi connectivity index (χ2v) is 7.81. The summed E-state index contributed by atoms with van der Waals surface area (Å²) in [5, 5.41) is 3.62. The van der Waals surface area contributed by atoms with Crippen molar-refractivity contribution in [3.05, 3.63) is 70.7 Å². The van der Waals surface area contributed by atoms with Crippen molar-refractivity contribution in [1.82, 2.24) is 10.2 Å². The Kier molecular flexibility index (Phi) is 8.52. The van der Waals surface area contributed by atoms with Gasteiger partial charge in [0.15, 0.2) is 0 Å². The molecule has 28 heavy (non-hydrogen) atoms. The van der Waals surface area contributed by atoms with E-state index in [2.05, 4.69) is 5.32 Å². The van der Waals surface area contributed by atoms with Gasteiger partial charge in [0.25, 0.3) is 0 Å². The first-order chi connectivity index (χ1) is 13.4. The number of carbonyl (C=O) groups is 2. The second kappa shape index (κ2) is 10.9. The maximum Gasteiger partial charge on any atom is 0.242 e. The molecule has 5 heteroatoms. The van der Waals surface area contributed by atoms with Crippen LogP contribution in [0.3, 0.4) is 0 Å². The molecule has 2 aromatic carbocycles. The molecule has 0 aromatic heterocycles. The summed E-state index contributed by atoms with van der Waals surface area (Å²) in [6, 6.07) is 16.5. The molecule has 0 aliphatic rings. The number of halogens is 1. The van der Waals surface area contributed by atoms with E-state index in [1.165, 1.54) is 0 Å². The minimum absolute atomic E-state index is 0.0623. The molecule has 0 aliphatic carbocycles. The molecule has 150 valence electrons. The van der Waals surface area contributed by atoms with E-state index < -0.39 is 6.04 Å². The zero-order valence-corrected chi connectivity index (χ0v) is 17.6. The number of nitrogens with zero attached hydrogens (tertiary/aromatic N) is 1. The summed E-state index contributed by atoms with van der Waals surface area (Å²) < 4.78 is 0. The average Bonchev–Trinajstić information content (AvgIpc) is 2.68. The van der Waals surface area contributed by atoms with Crippen LogP contribution in [0.2, 0.25) is 5.02 Å². The maximum absolute atomic E-state index is 13.1. The molecular formula is C23H29ClN2O2. The van der Waals surface area contributed by atoms with Gasteiger partial charge in [0, 0.05) is 18.1 Å². The van der Waals surface area contributed by atoms with Crippen molar-refractivity contribution in [3.63, 3.8) is 0 Å². The number of benzene rings is 2. The smallest absolute Gasteiger partial charge is 0.242 e. The zero-order chi connectivity index (χ0) is 20.5. The van der Waals surface area contributed by atoms with Crippen molar-refractivity contribution in [2.45, 2.75) is 46.2 Å². The molecule has 2 aromatic rings. The highest BCUT2D eigenvalue weighted by Gasteiger charge is 2.28. The molecule has 2 rings (SSSR count). The Morgan fingerprint density at radius 3 is 2.21 bits per heavy atom. The number of hydrogen-bond acceptors (Lipinski definition) is 2. The molecule has 2 amide bonds. The summed E-state index contributed by atoms with van der Waals surface area (Å²) in [5.41, 5.74) is 1.88. The van der Waals surface area contributed by atoms with Gasteiger partial charge >= 0.3 is 0 Å². The van der Waals surface area contributed by atoms with Crippen LogP contribution in [0.1, 0.15) is 38.3 Å². The molecule has 1 atom stereocenters. The lowest BCUT2D eigenvalue weighted by molar-refractivity contribution is -0.141. The van der Waals surface area contributed by atoms with Gasteiger partial charge in [-0.1, -0.05) is 74.8 Å². The molecule has 1 N–H and O–H groups in total. The third kappa shape index (κ3) is 6.68. The van der Waals surface area contributed by atoms with E-state index in [0.717, 1.165) is 11.1 Å². The standard InChI is InChI=1S/C23H29ClN2O2/c1-4-21(23(28)25-15-17(2)3)26(16-19-10-12-20(24)13-11-19)22(27)14-18-8-6-5-7-9-18/h5-13,17,21H,4,14-16H2,1-3H3,(H,25,28)/t21-/m1/s1. The van der Waals surface area contributed by atoms with Crippen molar-refractivity contribution < 1.29 is 9.59 Å². The van der Waals surface area contributed by atoms with Crippen LogP contribution in [0.15, 0.2) is 54.6 Å². The monoisotopic (exact) mass is 400 g/mol. The lowest BCUT2D eigenvalue weighted by Crippen LogP contribution is -2.50. The number of rotatable bonds is 9. The summed E-state index contributed by atoms with van der Waals surface area (Å²) in [7, 11) is 0. The highest BCUT2D eigenvalue weighted by molar-refractivity contribution is 6.30. The number of nitrogens with one attached hydrogen (secondary N) is 1. The van der Waals surface area contributed by atoms with Crippen molar-refractivity contribution in [3.8, 4) is 0 Å². The van der Waals surface area contributed by atoms with Crippen molar-refractivity contribution >= 4 is 23.4 Å². The molecule has 0 aliphatic heterocycles. The van der Waals surface area contributed by atoms with E-state index in [-0.39, 0.29) is 18.2 Å². The van der Waals surface area contributed by atoms with Crippen LogP contribution in [0.4, 0.5) is 0 Å². The van der Waals surface area contributed by atoms with Gasteiger partial charge in [0.05, 0.1) is 6.42 Å². The van der Waals surface area contributed by atoms with Crippen molar-refractivity contribution in [1.29, 1.82) is 0 Å². The van der Waals surface area contributed by atoms with Crippen LogP contribution in [-0.2, 0) is 22.6 Å². The van der Waals surface area contributed by atoms with Crippen LogP contribution >= 0.6 is 11.6 Å². The minimum Gasteiger partial charge on any atom is -0.354 e. The van der Waals surface area contributed by atoms with Gasteiger partial charge in [-0.05, 0) is 35.6 Å². The van der Waals surface area contributed by atoms with Gasteiger partial charge in [-0.25, -0.2) is 0 Å². The predicted molar refractivity (Wildman–Crippen MR) is 114 cm³/mol. The molecule has 0 spiro atoms. The Labute approximate surface area is 172 Å². The Bertz CT molecular complexity index is 760. The molecule has 0 fully saturated rings. The highest BCUT2D eigenvalue weighted by Crippen LogP contribution is 2.17. The van der Waals surface area contributed by atoms with Crippen LogP contribution in [-0.4, -0.2) is 29.3 Å². The van der Waals surface area contributed by atoms with Gasteiger partial charge in [-0.2, -0.15) is 0 Å². The number of amides is 2. The molecule has 0 saturated heterocycles. The van der Waals surface area contributed by atoms with Crippen molar-refractivity contribution in [2.24, 2.45) is 5.92 Å². The summed E-state index contributed by atoms with van der Waals surface area (Å²) in [4.78, 5) is 27.6. The maximum atomic E-state index is 13.1. The van der Waals surface area contributed by atoms with Crippen LogP contribution in [0.25, 0.3) is 0 Å². The Morgan fingerprint density at radius 1 is 1.00 bits per heavy atom. The van der Waals surface area contributed by atoms with E-state index in [0.29, 0.717) is 30.5 Å². The lowest BCUT2D eigenvalue weighted by atomic mass is 10.1. The number of carbonyl (C=O) groups excluding carboxylic acids is 2. The molecule has 0 saturated carbocycles. The van der Waals surface area contributed by atoms with E-state index in [9.17, 15) is 9.59 Å². The first-order valence-electron chi connectivity index (χ1n) is 9.76.